The Hall–Kier alpha value is -1.00. The van der Waals surface area contributed by atoms with Crippen LogP contribution in [0.3, 0.4) is 0 Å². The third kappa shape index (κ3) is 6.14. The van der Waals surface area contributed by atoms with Crippen LogP contribution in [0.25, 0.3) is 0 Å². The van der Waals surface area contributed by atoms with E-state index >= 15 is 0 Å². The quantitative estimate of drug-likeness (QED) is 0.660. The van der Waals surface area contributed by atoms with E-state index < -0.39 is 0 Å². The first-order chi connectivity index (χ1) is 11.6. The Bertz CT molecular complexity index is 492. The Morgan fingerprint density at radius 2 is 1.88 bits per heavy atom. The zero-order valence-corrected chi connectivity index (χ0v) is 16.2. The van der Waals surface area contributed by atoms with Gasteiger partial charge in [0.25, 0.3) is 0 Å². The normalized spacial score (nSPS) is 18.0. The van der Waals surface area contributed by atoms with Crippen molar-refractivity contribution in [3.8, 4) is 0 Å². The Kier molecular flexibility index (Phi) is 8.13. The SMILES string of the molecule is CCCN1CCC(=O)N(C(CSc2ccccc2)CC(C)C)CC1. The van der Waals surface area contributed by atoms with Crippen LogP contribution in [0.15, 0.2) is 35.2 Å². The van der Waals surface area contributed by atoms with Crippen molar-refractivity contribution in [2.45, 2.75) is 51.0 Å². The molecule has 1 saturated heterocycles. The van der Waals surface area contributed by atoms with Crippen molar-refractivity contribution >= 4 is 17.7 Å². The molecule has 24 heavy (non-hydrogen) atoms. The summed E-state index contributed by atoms with van der Waals surface area (Å²) in [6, 6.07) is 10.9. The van der Waals surface area contributed by atoms with Crippen LogP contribution in [-0.4, -0.2) is 53.7 Å². The van der Waals surface area contributed by atoms with E-state index in [0.717, 1.165) is 44.8 Å². The van der Waals surface area contributed by atoms with E-state index in [1.165, 1.54) is 4.90 Å². The second-order valence-corrected chi connectivity index (χ2v) is 8.18. The van der Waals surface area contributed by atoms with Crippen molar-refractivity contribution < 1.29 is 4.79 Å². The third-order valence-electron chi connectivity index (χ3n) is 4.53. The molecule has 1 fully saturated rings. The molecule has 0 spiro atoms. The molecule has 0 aliphatic carbocycles. The summed E-state index contributed by atoms with van der Waals surface area (Å²) in [7, 11) is 0. The Morgan fingerprint density at radius 3 is 2.54 bits per heavy atom. The summed E-state index contributed by atoms with van der Waals surface area (Å²) < 4.78 is 0. The van der Waals surface area contributed by atoms with Gasteiger partial charge in [-0.25, -0.2) is 0 Å². The number of carbonyl (C=O) groups excluding carboxylic acids is 1. The van der Waals surface area contributed by atoms with Gasteiger partial charge in [0.05, 0.1) is 0 Å². The van der Waals surface area contributed by atoms with Crippen molar-refractivity contribution in [2.75, 3.05) is 31.9 Å². The summed E-state index contributed by atoms with van der Waals surface area (Å²) in [5.41, 5.74) is 0. The van der Waals surface area contributed by atoms with Crippen molar-refractivity contribution in [3.05, 3.63) is 30.3 Å². The fraction of sp³-hybridized carbons (Fsp3) is 0.650. The van der Waals surface area contributed by atoms with Crippen LogP contribution >= 0.6 is 11.8 Å². The van der Waals surface area contributed by atoms with Crippen molar-refractivity contribution in [1.29, 1.82) is 0 Å². The van der Waals surface area contributed by atoms with Gasteiger partial charge in [0, 0.05) is 42.7 Å². The highest BCUT2D eigenvalue weighted by Crippen LogP contribution is 2.24. The fourth-order valence-electron chi connectivity index (χ4n) is 3.35. The van der Waals surface area contributed by atoms with Gasteiger partial charge in [0.2, 0.25) is 5.91 Å². The van der Waals surface area contributed by atoms with Crippen molar-refractivity contribution in [2.24, 2.45) is 5.92 Å². The molecule has 1 aromatic carbocycles. The minimum Gasteiger partial charge on any atom is -0.338 e. The number of rotatable bonds is 8. The predicted molar refractivity (Wildman–Crippen MR) is 103 cm³/mol. The van der Waals surface area contributed by atoms with E-state index in [2.05, 4.69) is 60.9 Å². The summed E-state index contributed by atoms with van der Waals surface area (Å²) in [4.78, 5) is 18.6. The lowest BCUT2D eigenvalue weighted by Gasteiger charge is -2.32. The first-order valence-corrected chi connectivity index (χ1v) is 10.3. The standard InChI is InChI=1S/C20H32N2OS/c1-4-11-21-12-10-20(23)22(14-13-21)18(15-17(2)3)16-24-19-8-6-5-7-9-19/h5-9,17-18H,4,10-16H2,1-3H3. The summed E-state index contributed by atoms with van der Waals surface area (Å²) in [5.74, 6) is 1.93. The average Bonchev–Trinajstić information content (AvgIpc) is 2.75. The first-order valence-electron chi connectivity index (χ1n) is 9.29. The second-order valence-electron chi connectivity index (χ2n) is 7.09. The molecule has 0 saturated carbocycles. The minimum atomic E-state index is 0.337. The van der Waals surface area contributed by atoms with E-state index in [0.29, 0.717) is 24.3 Å². The topological polar surface area (TPSA) is 23.6 Å². The lowest BCUT2D eigenvalue weighted by molar-refractivity contribution is -0.132. The van der Waals surface area contributed by atoms with Gasteiger partial charge in [-0.2, -0.15) is 0 Å². The molecule has 1 aliphatic heterocycles. The number of nitrogens with zero attached hydrogens (tertiary/aromatic N) is 2. The number of benzene rings is 1. The van der Waals surface area contributed by atoms with E-state index in [4.69, 9.17) is 0 Å². The van der Waals surface area contributed by atoms with Gasteiger partial charge in [-0.15, -0.1) is 11.8 Å². The van der Waals surface area contributed by atoms with Gasteiger partial charge in [0.1, 0.15) is 0 Å². The second kappa shape index (κ2) is 10.1. The summed E-state index contributed by atoms with van der Waals surface area (Å²) in [5, 5.41) is 0. The molecule has 1 aliphatic rings. The van der Waals surface area contributed by atoms with E-state index in [1.807, 2.05) is 11.8 Å². The van der Waals surface area contributed by atoms with Crippen LogP contribution in [0.1, 0.15) is 40.0 Å². The van der Waals surface area contributed by atoms with Crippen LogP contribution in [0.2, 0.25) is 0 Å². The molecule has 3 nitrogen and oxygen atoms in total. The van der Waals surface area contributed by atoms with Crippen LogP contribution < -0.4 is 0 Å². The predicted octanol–water partition coefficient (Wildman–Crippen LogP) is 4.14. The van der Waals surface area contributed by atoms with E-state index in [9.17, 15) is 4.79 Å². The Morgan fingerprint density at radius 1 is 1.12 bits per heavy atom. The average molecular weight is 349 g/mol. The molecule has 1 unspecified atom stereocenters. The molecular weight excluding hydrogens is 316 g/mol. The van der Waals surface area contributed by atoms with Gasteiger partial charge in [-0.1, -0.05) is 39.0 Å². The molecule has 0 N–H and O–H groups in total. The molecule has 1 heterocycles. The number of carbonyl (C=O) groups is 1. The van der Waals surface area contributed by atoms with Gasteiger partial charge in [-0.3, -0.25) is 4.79 Å². The number of amides is 1. The van der Waals surface area contributed by atoms with E-state index in [1.54, 1.807) is 0 Å². The van der Waals surface area contributed by atoms with Crippen molar-refractivity contribution in [1.82, 2.24) is 9.80 Å². The number of thioether (sulfide) groups is 1. The summed E-state index contributed by atoms with van der Waals surface area (Å²) in [6.07, 6.45) is 2.91. The highest BCUT2D eigenvalue weighted by Gasteiger charge is 2.27. The summed E-state index contributed by atoms with van der Waals surface area (Å²) >= 11 is 1.88. The maximum Gasteiger partial charge on any atom is 0.224 e. The van der Waals surface area contributed by atoms with Gasteiger partial charge in [-0.05, 0) is 37.4 Å². The zero-order valence-electron chi connectivity index (χ0n) is 15.4. The van der Waals surface area contributed by atoms with Gasteiger partial charge < -0.3 is 9.80 Å². The summed E-state index contributed by atoms with van der Waals surface area (Å²) in [6.45, 7) is 10.6. The van der Waals surface area contributed by atoms with Gasteiger partial charge in [0.15, 0.2) is 0 Å². The van der Waals surface area contributed by atoms with Gasteiger partial charge >= 0.3 is 0 Å². The maximum atomic E-state index is 12.7. The minimum absolute atomic E-state index is 0.337. The highest BCUT2D eigenvalue weighted by molar-refractivity contribution is 7.99. The van der Waals surface area contributed by atoms with Crippen LogP contribution in [0, 0.1) is 5.92 Å². The Labute approximate surface area is 151 Å². The first kappa shape index (κ1) is 19.3. The lowest BCUT2D eigenvalue weighted by Crippen LogP contribution is -2.43. The molecule has 0 bridgehead atoms. The van der Waals surface area contributed by atoms with E-state index in [-0.39, 0.29) is 0 Å². The molecular formula is C20H32N2OS. The van der Waals surface area contributed by atoms with Crippen LogP contribution in [0.4, 0.5) is 0 Å². The molecule has 2 rings (SSSR count). The highest BCUT2D eigenvalue weighted by atomic mass is 32.2. The molecule has 1 atom stereocenters. The third-order valence-corrected chi connectivity index (χ3v) is 5.69. The molecule has 1 amide bonds. The van der Waals surface area contributed by atoms with Crippen LogP contribution in [0.5, 0.6) is 0 Å². The smallest absolute Gasteiger partial charge is 0.224 e. The monoisotopic (exact) mass is 348 g/mol. The molecule has 4 heteroatoms. The molecule has 0 radical (unpaired) electrons. The fourth-order valence-corrected chi connectivity index (χ4v) is 4.40. The molecule has 0 aromatic heterocycles. The number of hydrogen-bond acceptors (Lipinski definition) is 3. The number of hydrogen-bond donors (Lipinski definition) is 0. The zero-order chi connectivity index (χ0) is 17.4. The van der Waals surface area contributed by atoms with Crippen molar-refractivity contribution in [3.63, 3.8) is 0 Å². The maximum absolute atomic E-state index is 12.7. The molecule has 134 valence electrons. The molecule has 1 aromatic rings. The Balaban J connectivity index is 2.01. The lowest BCUT2D eigenvalue weighted by atomic mass is 10.0. The van der Waals surface area contributed by atoms with Crippen LogP contribution in [-0.2, 0) is 4.79 Å². The largest absolute Gasteiger partial charge is 0.338 e.